The van der Waals surface area contributed by atoms with Gasteiger partial charge in [0.1, 0.15) is 16.5 Å². The van der Waals surface area contributed by atoms with Crippen molar-refractivity contribution in [3.63, 3.8) is 0 Å². The lowest BCUT2D eigenvalue weighted by molar-refractivity contribution is -0.124. The van der Waals surface area contributed by atoms with Gasteiger partial charge in [0.15, 0.2) is 6.61 Å². The Balaban J connectivity index is 1.55. The van der Waals surface area contributed by atoms with Crippen molar-refractivity contribution in [3.8, 4) is 0 Å². The lowest BCUT2D eigenvalue weighted by Crippen LogP contribution is -2.36. The van der Waals surface area contributed by atoms with Crippen LogP contribution in [0.3, 0.4) is 0 Å². The molecule has 10 heteroatoms. The Morgan fingerprint density at radius 3 is 2.38 bits per heavy atom. The smallest absolute Gasteiger partial charge is 0.338 e. The predicted octanol–water partition coefficient (Wildman–Crippen LogP) is 2.66. The van der Waals surface area contributed by atoms with Crippen molar-refractivity contribution in [3.05, 3.63) is 65.2 Å². The molecular weight excluding hydrogens is 442 g/mol. The third kappa shape index (κ3) is 6.10. The van der Waals surface area contributed by atoms with E-state index in [0.29, 0.717) is 32.4 Å². The van der Waals surface area contributed by atoms with E-state index >= 15 is 0 Å². The maximum Gasteiger partial charge on any atom is 0.338 e. The minimum Gasteiger partial charge on any atom is -0.452 e. The number of amides is 1. The van der Waals surface area contributed by atoms with Crippen LogP contribution < -0.4 is 5.32 Å². The molecule has 0 unspecified atom stereocenters. The van der Waals surface area contributed by atoms with Crippen LogP contribution in [0, 0.1) is 11.6 Å². The number of sulfonamides is 1. The van der Waals surface area contributed by atoms with Crippen LogP contribution in [0.15, 0.2) is 47.4 Å². The number of piperidine rings is 1. The van der Waals surface area contributed by atoms with Crippen LogP contribution in [-0.2, 0) is 26.0 Å². The Labute approximate surface area is 185 Å². The summed E-state index contributed by atoms with van der Waals surface area (Å²) in [5.74, 6) is -2.79. The summed E-state index contributed by atoms with van der Waals surface area (Å²) in [7, 11) is -4.07. The van der Waals surface area contributed by atoms with Gasteiger partial charge >= 0.3 is 5.97 Å². The summed E-state index contributed by atoms with van der Waals surface area (Å²) in [6.07, 6.45) is 2.76. The van der Waals surface area contributed by atoms with Crippen LogP contribution in [0.5, 0.6) is 0 Å². The molecule has 7 nitrogen and oxygen atoms in total. The van der Waals surface area contributed by atoms with Crippen molar-refractivity contribution in [2.45, 2.75) is 30.6 Å². The molecule has 0 bridgehead atoms. The van der Waals surface area contributed by atoms with Crippen molar-refractivity contribution >= 4 is 21.9 Å². The third-order valence-corrected chi connectivity index (χ3v) is 7.00. The molecule has 0 atom stereocenters. The van der Waals surface area contributed by atoms with Gasteiger partial charge in [-0.1, -0.05) is 18.6 Å². The normalized spacial score (nSPS) is 14.7. The molecule has 32 heavy (non-hydrogen) atoms. The number of hydrogen-bond donors (Lipinski definition) is 1. The lowest BCUT2D eigenvalue weighted by atomic mass is 10.1. The van der Waals surface area contributed by atoms with E-state index in [1.807, 2.05) is 0 Å². The quantitative estimate of drug-likeness (QED) is 0.604. The van der Waals surface area contributed by atoms with Gasteiger partial charge in [-0.15, -0.1) is 0 Å². The maximum absolute atomic E-state index is 14.3. The Morgan fingerprint density at radius 1 is 1.00 bits per heavy atom. The van der Waals surface area contributed by atoms with Gasteiger partial charge in [0.2, 0.25) is 10.0 Å². The highest BCUT2D eigenvalue weighted by Crippen LogP contribution is 2.24. The van der Waals surface area contributed by atoms with E-state index in [1.165, 1.54) is 16.4 Å². The number of esters is 1. The topological polar surface area (TPSA) is 92.8 Å². The highest BCUT2D eigenvalue weighted by atomic mass is 32.2. The minimum atomic E-state index is -4.07. The number of nitrogens with zero attached hydrogens (tertiary/aromatic N) is 1. The number of benzene rings is 2. The Morgan fingerprint density at radius 2 is 1.69 bits per heavy atom. The molecule has 172 valence electrons. The largest absolute Gasteiger partial charge is 0.452 e. The SMILES string of the molecule is O=C(COC(=O)c1ccc(F)c(S(=O)(=O)N2CCCCC2)c1)NCCc1ccc(F)cc1. The number of halogens is 2. The summed E-state index contributed by atoms with van der Waals surface area (Å²) in [5.41, 5.74) is 0.665. The zero-order chi connectivity index (χ0) is 23.1. The van der Waals surface area contributed by atoms with Crippen molar-refractivity contribution in [1.29, 1.82) is 0 Å². The highest BCUT2D eigenvalue weighted by molar-refractivity contribution is 7.89. The molecule has 1 heterocycles. The maximum atomic E-state index is 14.3. The molecule has 0 aromatic heterocycles. The molecule has 2 aromatic rings. The fourth-order valence-corrected chi connectivity index (χ4v) is 4.94. The van der Waals surface area contributed by atoms with Gasteiger partial charge in [-0.25, -0.2) is 22.0 Å². The summed E-state index contributed by atoms with van der Waals surface area (Å²) in [6, 6.07) is 8.80. The summed E-state index contributed by atoms with van der Waals surface area (Å²) in [5, 5.41) is 2.57. The van der Waals surface area contributed by atoms with E-state index in [2.05, 4.69) is 5.32 Å². The Kier molecular flexibility index (Phi) is 7.92. The molecule has 1 fully saturated rings. The first-order chi connectivity index (χ1) is 15.3. The van der Waals surface area contributed by atoms with Crippen LogP contribution in [0.1, 0.15) is 35.2 Å². The molecule has 1 aliphatic rings. The summed E-state index contributed by atoms with van der Waals surface area (Å²) in [4.78, 5) is 23.6. The number of carbonyl (C=O) groups excluding carboxylic acids is 2. The van der Waals surface area contributed by atoms with Gasteiger partial charge in [0.25, 0.3) is 5.91 Å². The monoisotopic (exact) mass is 466 g/mol. The molecule has 1 aliphatic heterocycles. The number of carbonyl (C=O) groups is 2. The molecule has 1 N–H and O–H groups in total. The summed E-state index contributed by atoms with van der Waals surface area (Å²) < 4.78 is 58.8. The number of rotatable bonds is 8. The second kappa shape index (κ2) is 10.6. The summed E-state index contributed by atoms with van der Waals surface area (Å²) in [6.45, 7) is 0.285. The van der Waals surface area contributed by atoms with E-state index in [9.17, 15) is 26.8 Å². The minimum absolute atomic E-state index is 0.166. The van der Waals surface area contributed by atoms with Crippen LogP contribution in [0.25, 0.3) is 0 Å². The number of hydrogen-bond acceptors (Lipinski definition) is 5. The van der Waals surface area contributed by atoms with E-state index < -0.39 is 39.2 Å². The molecule has 0 spiro atoms. The summed E-state index contributed by atoms with van der Waals surface area (Å²) >= 11 is 0. The van der Waals surface area contributed by atoms with Crippen LogP contribution >= 0.6 is 0 Å². The van der Waals surface area contributed by atoms with Crippen LogP contribution in [0.4, 0.5) is 8.78 Å². The van der Waals surface area contributed by atoms with Gasteiger partial charge in [-0.05, 0) is 55.2 Å². The molecule has 1 amide bonds. The van der Waals surface area contributed by atoms with Crippen LogP contribution in [0.2, 0.25) is 0 Å². The fourth-order valence-electron chi connectivity index (χ4n) is 3.34. The molecule has 1 saturated heterocycles. The van der Waals surface area contributed by atoms with Gasteiger partial charge in [-0.2, -0.15) is 4.31 Å². The predicted molar refractivity (Wildman–Crippen MR) is 112 cm³/mol. The average molecular weight is 467 g/mol. The molecule has 0 saturated carbocycles. The van der Waals surface area contributed by atoms with E-state index in [0.717, 1.165) is 30.2 Å². The van der Waals surface area contributed by atoms with E-state index in [-0.39, 0.29) is 17.9 Å². The third-order valence-electron chi connectivity index (χ3n) is 5.08. The first kappa shape index (κ1) is 23.8. The standard InChI is InChI=1S/C22H24F2N2O5S/c23-18-7-4-16(5-8-18)10-11-25-21(27)15-31-22(28)17-6-9-19(24)20(14-17)32(29,30)26-12-2-1-3-13-26/h4-9,14H,1-3,10-13,15H2,(H,25,27). The lowest BCUT2D eigenvalue weighted by Gasteiger charge is -2.26. The van der Waals surface area contributed by atoms with Gasteiger partial charge in [0, 0.05) is 19.6 Å². The zero-order valence-electron chi connectivity index (χ0n) is 17.4. The van der Waals surface area contributed by atoms with Crippen molar-refractivity contribution < 1.29 is 31.5 Å². The van der Waals surface area contributed by atoms with Gasteiger partial charge in [-0.3, -0.25) is 4.79 Å². The van der Waals surface area contributed by atoms with Crippen LogP contribution in [-0.4, -0.2) is 50.8 Å². The highest BCUT2D eigenvalue weighted by Gasteiger charge is 2.29. The van der Waals surface area contributed by atoms with Gasteiger partial charge < -0.3 is 10.1 Å². The van der Waals surface area contributed by atoms with Gasteiger partial charge in [0.05, 0.1) is 5.56 Å². The Bertz CT molecular complexity index is 1070. The molecule has 0 aliphatic carbocycles. The fraction of sp³-hybridized carbons (Fsp3) is 0.364. The van der Waals surface area contributed by atoms with E-state index in [1.54, 1.807) is 12.1 Å². The van der Waals surface area contributed by atoms with Crippen molar-refractivity contribution in [2.75, 3.05) is 26.2 Å². The second-order valence-electron chi connectivity index (χ2n) is 7.41. The van der Waals surface area contributed by atoms with Crippen molar-refractivity contribution in [2.24, 2.45) is 0 Å². The first-order valence-corrected chi connectivity index (χ1v) is 11.7. The van der Waals surface area contributed by atoms with Crippen molar-refractivity contribution in [1.82, 2.24) is 9.62 Å². The molecule has 2 aromatic carbocycles. The second-order valence-corrected chi connectivity index (χ2v) is 9.32. The molecule has 3 rings (SSSR count). The zero-order valence-corrected chi connectivity index (χ0v) is 18.2. The Hall–Kier alpha value is -2.85. The number of ether oxygens (including phenoxy) is 1. The number of nitrogens with one attached hydrogen (secondary N) is 1. The first-order valence-electron chi connectivity index (χ1n) is 10.3. The molecular formula is C22H24F2N2O5S. The molecule has 0 radical (unpaired) electrons. The van der Waals surface area contributed by atoms with E-state index in [4.69, 9.17) is 4.74 Å². The average Bonchev–Trinajstić information content (AvgIpc) is 2.79.